The number of nitrogens with one attached hydrogen (secondary N) is 2. The largest absolute Gasteiger partial charge is 0.365 e. The highest BCUT2D eigenvalue weighted by Gasteiger charge is 2.19. The van der Waals surface area contributed by atoms with Crippen molar-refractivity contribution in [1.82, 2.24) is 10.3 Å². The molecule has 0 aliphatic carbocycles. The second-order valence-electron chi connectivity index (χ2n) is 4.38. The molecular formula is C11H15BrN4O2. The fourth-order valence-corrected chi connectivity index (χ4v) is 2.44. The number of nitro groups is 1. The SMILES string of the molecule is Cc1c([N+](=O)[O-])cnc(NC2CCCNC2)c1Br. The number of aromatic nitrogens is 1. The zero-order valence-corrected chi connectivity index (χ0v) is 11.7. The molecule has 0 amide bonds. The summed E-state index contributed by atoms with van der Waals surface area (Å²) < 4.78 is 0.669. The number of rotatable bonds is 3. The van der Waals surface area contributed by atoms with Crippen LogP contribution in [-0.4, -0.2) is 29.0 Å². The van der Waals surface area contributed by atoms with E-state index < -0.39 is 4.92 Å². The van der Waals surface area contributed by atoms with Crippen LogP contribution in [0.2, 0.25) is 0 Å². The van der Waals surface area contributed by atoms with Crippen molar-refractivity contribution in [3.63, 3.8) is 0 Å². The minimum atomic E-state index is -0.418. The maximum Gasteiger partial charge on any atom is 0.291 e. The van der Waals surface area contributed by atoms with Gasteiger partial charge in [0.25, 0.3) is 5.69 Å². The van der Waals surface area contributed by atoms with Crippen molar-refractivity contribution >= 4 is 27.4 Å². The van der Waals surface area contributed by atoms with E-state index >= 15 is 0 Å². The van der Waals surface area contributed by atoms with Crippen molar-refractivity contribution < 1.29 is 4.92 Å². The van der Waals surface area contributed by atoms with E-state index in [-0.39, 0.29) is 5.69 Å². The first-order chi connectivity index (χ1) is 8.59. The van der Waals surface area contributed by atoms with Crippen LogP contribution >= 0.6 is 15.9 Å². The Morgan fingerprint density at radius 1 is 1.67 bits per heavy atom. The van der Waals surface area contributed by atoms with Crippen LogP contribution in [0.25, 0.3) is 0 Å². The van der Waals surface area contributed by atoms with E-state index in [0.29, 0.717) is 21.9 Å². The molecule has 0 bridgehead atoms. The monoisotopic (exact) mass is 314 g/mol. The molecule has 0 spiro atoms. The van der Waals surface area contributed by atoms with Crippen LogP contribution in [0.15, 0.2) is 10.7 Å². The van der Waals surface area contributed by atoms with Gasteiger partial charge in [-0.25, -0.2) is 4.98 Å². The first-order valence-electron chi connectivity index (χ1n) is 5.86. The topological polar surface area (TPSA) is 80.1 Å². The molecule has 1 unspecified atom stereocenters. The Morgan fingerprint density at radius 2 is 2.44 bits per heavy atom. The van der Waals surface area contributed by atoms with Gasteiger partial charge in [-0.1, -0.05) is 0 Å². The Labute approximate surface area is 113 Å². The number of hydrogen-bond acceptors (Lipinski definition) is 5. The quantitative estimate of drug-likeness (QED) is 0.660. The molecule has 1 aromatic heterocycles. The first-order valence-corrected chi connectivity index (χ1v) is 6.65. The maximum absolute atomic E-state index is 10.8. The second kappa shape index (κ2) is 5.62. The van der Waals surface area contributed by atoms with Gasteiger partial charge in [0, 0.05) is 18.2 Å². The van der Waals surface area contributed by atoms with Crippen LogP contribution < -0.4 is 10.6 Å². The molecule has 98 valence electrons. The Morgan fingerprint density at radius 3 is 3.06 bits per heavy atom. The highest BCUT2D eigenvalue weighted by atomic mass is 79.9. The van der Waals surface area contributed by atoms with Gasteiger partial charge in [0.2, 0.25) is 0 Å². The van der Waals surface area contributed by atoms with Gasteiger partial charge in [-0.3, -0.25) is 10.1 Å². The van der Waals surface area contributed by atoms with E-state index in [1.165, 1.54) is 6.20 Å². The molecule has 1 aliphatic heterocycles. The van der Waals surface area contributed by atoms with Gasteiger partial charge in [-0.2, -0.15) is 0 Å². The summed E-state index contributed by atoms with van der Waals surface area (Å²) >= 11 is 3.38. The predicted octanol–water partition coefficient (Wildman–Crippen LogP) is 2.22. The normalized spacial score (nSPS) is 19.6. The van der Waals surface area contributed by atoms with Crippen molar-refractivity contribution in [3.05, 3.63) is 26.3 Å². The van der Waals surface area contributed by atoms with Gasteiger partial charge in [0.15, 0.2) is 0 Å². The predicted molar refractivity (Wildman–Crippen MR) is 72.8 cm³/mol. The van der Waals surface area contributed by atoms with E-state index in [0.717, 1.165) is 25.9 Å². The molecule has 1 atom stereocenters. The number of pyridine rings is 1. The Balaban J connectivity index is 2.18. The van der Waals surface area contributed by atoms with Crippen LogP contribution in [0.5, 0.6) is 0 Å². The number of anilines is 1. The average Bonchev–Trinajstić information content (AvgIpc) is 2.36. The summed E-state index contributed by atoms with van der Waals surface area (Å²) in [7, 11) is 0. The molecule has 1 saturated heterocycles. The number of nitrogens with zero attached hydrogens (tertiary/aromatic N) is 2. The van der Waals surface area contributed by atoms with E-state index in [1.54, 1.807) is 6.92 Å². The summed E-state index contributed by atoms with van der Waals surface area (Å²) in [5.41, 5.74) is 0.635. The van der Waals surface area contributed by atoms with Gasteiger partial charge in [0.1, 0.15) is 12.0 Å². The molecule has 1 aliphatic rings. The van der Waals surface area contributed by atoms with E-state index in [9.17, 15) is 10.1 Å². The van der Waals surface area contributed by atoms with Crippen molar-refractivity contribution in [1.29, 1.82) is 0 Å². The molecular weight excluding hydrogens is 300 g/mol. The lowest BCUT2D eigenvalue weighted by molar-refractivity contribution is -0.385. The molecule has 0 saturated carbocycles. The minimum absolute atomic E-state index is 0.0363. The third-order valence-electron chi connectivity index (χ3n) is 3.07. The number of hydrogen-bond donors (Lipinski definition) is 2. The van der Waals surface area contributed by atoms with Crippen LogP contribution in [-0.2, 0) is 0 Å². The van der Waals surface area contributed by atoms with Crippen molar-refractivity contribution in [2.75, 3.05) is 18.4 Å². The fraction of sp³-hybridized carbons (Fsp3) is 0.545. The summed E-state index contributed by atoms with van der Waals surface area (Å²) in [6.45, 7) is 3.66. The summed E-state index contributed by atoms with van der Waals surface area (Å²) in [5.74, 6) is 0.673. The van der Waals surface area contributed by atoms with Crippen LogP contribution in [0.4, 0.5) is 11.5 Å². The van der Waals surface area contributed by atoms with Crippen LogP contribution in [0, 0.1) is 17.0 Å². The minimum Gasteiger partial charge on any atom is -0.365 e. The third-order valence-corrected chi connectivity index (χ3v) is 4.04. The van der Waals surface area contributed by atoms with Crippen LogP contribution in [0.1, 0.15) is 18.4 Å². The zero-order chi connectivity index (χ0) is 13.1. The second-order valence-corrected chi connectivity index (χ2v) is 5.17. The molecule has 18 heavy (non-hydrogen) atoms. The highest BCUT2D eigenvalue weighted by Crippen LogP contribution is 2.31. The molecule has 0 aromatic carbocycles. The summed E-state index contributed by atoms with van der Waals surface area (Å²) in [5, 5.41) is 17.4. The highest BCUT2D eigenvalue weighted by molar-refractivity contribution is 9.10. The Hall–Kier alpha value is -1.21. The third kappa shape index (κ3) is 2.78. The summed E-state index contributed by atoms with van der Waals surface area (Å²) in [6.07, 6.45) is 3.51. The maximum atomic E-state index is 10.8. The molecule has 2 heterocycles. The summed E-state index contributed by atoms with van der Waals surface area (Å²) in [4.78, 5) is 14.5. The Bertz CT molecular complexity index is 461. The van der Waals surface area contributed by atoms with Gasteiger partial charge >= 0.3 is 0 Å². The smallest absolute Gasteiger partial charge is 0.291 e. The lowest BCUT2D eigenvalue weighted by Gasteiger charge is -2.24. The van der Waals surface area contributed by atoms with Gasteiger partial charge in [-0.05, 0) is 42.2 Å². The Kier molecular flexibility index (Phi) is 4.13. The average molecular weight is 315 g/mol. The van der Waals surface area contributed by atoms with Crippen molar-refractivity contribution in [2.24, 2.45) is 0 Å². The van der Waals surface area contributed by atoms with Gasteiger partial charge < -0.3 is 10.6 Å². The lowest BCUT2D eigenvalue weighted by atomic mass is 10.1. The molecule has 0 radical (unpaired) electrons. The van der Waals surface area contributed by atoms with Gasteiger partial charge in [0.05, 0.1) is 9.40 Å². The van der Waals surface area contributed by atoms with Crippen LogP contribution in [0.3, 0.4) is 0 Å². The molecule has 2 N–H and O–H groups in total. The number of piperidine rings is 1. The summed E-state index contributed by atoms with van der Waals surface area (Å²) in [6, 6.07) is 0.323. The molecule has 7 heteroatoms. The molecule has 6 nitrogen and oxygen atoms in total. The van der Waals surface area contributed by atoms with Gasteiger partial charge in [-0.15, -0.1) is 0 Å². The molecule has 1 fully saturated rings. The van der Waals surface area contributed by atoms with E-state index in [2.05, 4.69) is 31.5 Å². The van der Waals surface area contributed by atoms with Crippen molar-refractivity contribution in [3.8, 4) is 0 Å². The standard InChI is InChI=1S/C11H15BrN4O2/c1-7-9(16(17)18)6-14-11(10(7)12)15-8-3-2-4-13-5-8/h6,8,13H,2-5H2,1H3,(H,14,15). The molecule has 2 rings (SSSR count). The zero-order valence-electron chi connectivity index (χ0n) is 10.1. The van der Waals surface area contributed by atoms with E-state index in [4.69, 9.17) is 0 Å². The lowest BCUT2D eigenvalue weighted by Crippen LogP contribution is -2.38. The fourth-order valence-electron chi connectivity index (χ4n) is 2.02. The number of halogens is 1. The van der Waals surface area contributed by atoms with Crippen molar-refractivity contribution in [2.45, 2.75) is 25.8 Å². The first kappa shape index (κ1) is 13.2. The van der Waals surface area contributed by atoms with E-state index in [1.807, 2.05) is 0 Å². The molecule has 1 aromatic rings.